The van der Waals surface area contributed by atoms with Crippen LogP contribution in [0.1, 0.15) is 5.56 Å². The number of nitrogens with zero attached hydrogens (tertiary/aromatic N) is 1. The van der Waals surface area contributed by atoms with Gasteiger partial charge in [0, 0.05) is 0 Å². The number of rotatable bonds is 2. The number of carbonyl (C=O) groups excluding carboxylic acids is 1. The van der Waals surface area contributed by atoms with Crippen molar-refractivity contribution in [1.29, 1.82) is 5.26 Å². The highest BCUT2D eigenvalue weighted by Gasteiger charge is 2.08. The first-order valence-electron chi connectivity index (χ1n) is 3.61. The molecular formula is C9H6BrNO2S. The van der Waals surface area contributed by atoms with E-state index in [2.05, 4.69) is 20.7 Å². The second-order valence-electron chi connectivity index (χ2n) is 2.35. The summed E-state index contributed by atoms with van der Waals surface area (Å²) in [5, 5.41) is 10.5. The lowest BCUT2D eigenvalue weighted by Gasteiger charge is -1.94. The first-order valence-corrected chi connectivity index (χ1v) is 5.28. The maximum absolute atomic E-state index is 11.0. The normalized spacial score (nSPS) is 10.8. The Labute approximate surface area is 93.7 Å². The maximum Gasteiger partial charge on any atom is 0.348 e. The molecular weight excluding hydrogens is 266 g/mol. The van der Waals surface area contributed by atoms with Crippen LogP contribution in [0.25, 0.3) is 6.08 Å². The van der Waals surface area contributed by atoms with Gasteiger partial charge in [0.1, 0.15) is 11.6 Å². The maximum atomic E-state index is 11.0. The molecule has 0 saturated carbocycles. The molecule has 0 N–H and O–H groups in total. The Morgan fingerprint density at radius 3 is 2.93 bits per heavy atom. The number of methoxy groups -OCH3 is 1. The van der Waals surface area contributed by atoms with Gasteiger partial charge in [-0.05, 0) is 39.0 Å². The van der Waals surface area contributed by atoms with Crippen LogP contribution in [0.5, 0.6) is 0 Å². The van der Waals surface area contributed by atoms with E-state index in [1.165, 1.54) is 24.5 Å². The fourth-order valence-electron chi connectivity index (χ4n) is 0.813. The van der Waals surface area contributed by atoms with Gasteiger partial charge in [-0.25, -0.2) is 4.79 Å². The summed E-state index contributed by atoms with van der Waals surface area (Å²) in [5.41, 5.74) is 0.807. The lowest BCUT2D eigenvalue weighted by molar-refractivity contribution is -0.135. The molecule has 0 atom stereocenters. The van der Waals surface area contributed by atoms with E-state index in [1.807, 2.05) is 11.4 Å². The minimum atomic E-state index is -0.616. The SMILES string of the molecule is COC(=O)/C(C#N)=C/c1csc(Br)c1. The highest BCUT2D eigenvalue weighted by Crippen LogP contribution is 2.22. The number of thiophene rings is 1. The molecule has 0 aliphatic rings. The number of hydrogen-bond donors (Lipinski definition) is 0. The Morgan fingerprint density at radius 2 is 2.50 bits per heavy atom. The molecule has 1 rings (SSSR count). The van der Waals surface area contributed by atoms with Crippen LogP contribution >= 0.6 is 27.3 Å². The molecule has 0 amide bonds. The zero-order valence-electron chi connectivity index (χ0n) is 7.28. The van der Waals surface area contributed by atoms with Gasteiger partial charge in [0.05, 0.1) is 10.9 Å². The summed E-state index contributed by atoms with van der Waals surface area (Å²) in [5.74, 6) is -0.616. The fourth-order valence-corrected chi connectivity index (χ4v) is 1.95. The largest absolute Gasteiger partial charge is 0.465 e. The predicted molar refractivity (Wildman–Crippen MR) is 57.6 cm³/mol. The minimum absolute atomic E-state index is 0.00204. The topological polar surface area (TPSA) is 50.1 Å². The third kappa shape index (κ3) is 2.69. The van der Waals surface area contributed by atoms with Gasteiger partial charge in [0.15, 0.2) is 0 Å². The van der Waals surface area contributed by atoms with E-state index in [1.54, 1.807) is 6.07 Å². The van der Waals surface area contributed by atoms with Crippen molar-refractivity contribution in [1.82, 2.24) is 0 Å². The van der Waals surface area contributed by atoms with E-state index in [0.29, 0.717) is 0 Å². The van der Waals surface area contributed by atoms with Gasteiger partial charge >= 0.3 is 5.97 Å². The summed E-state index contributed by atoms with van der Waals surface area (Å²) >= 11 is 4.78. The van der Waals surface area contributed by atoms with Crippen LogP contribution in [0, 0.1) is 11.3 Å². The quantitative estimate of drug-likeness (QED) is 0.472. The minimum Gasteiger partial charge on any atom is -0.465 e. The molecule has 0 aliphatic heterocycles. The van der Waals surface area contributed by atoms with Crippen molar-refractivity contribution < 1.29 is 9.53 Å². The summed E-state index contributed by atoms with van der Waals surface area (Å²) < 4.78 is 5.39. The Balaban J connectivity index is 2.96. The van der Waals surface area contributed by atoms with Gasteiger partial charge in [0.2, 0.25) is 0 Å². The van der Waals surface area contributed by atoms with Crippen molar-refractivity contribution in [2.45, 2.75) is 0 Å². The van der Waals surface area contributed by atoms with Crippen LogP contribution in [-0.4, -0.2) is 13.1 Å². The molecule has 3 nitrogen and oxygen atoms in total. The van der Waals surface area contributed by atoms with Crippen LogP contribution < -0.4 is 0 Å². The molecule has 0 fully saturated rings. The summed E-state index contributed by atoms with van der Waals surface area (Å²) in [6.45, 7) is 0. The number of nitriles is 1. The number of carbonyl (C=O) groups is 1. The highest BCUT2D eigenvalue weighted by atomic mass is 79.9. The van der Waals surface area contributed by atoms with Gasteiger partial charge in [0.25, 0.3) is 0 Å². The zero-order chi connectivity index (χ0) is 10.6. The second-order valence-corrected chi connectivity index (χ2v) is 4.64. The van der Waals surface area contributed by atoms with E-state index in [-0.39, 0.29) is 5.57 Å². The molecule has 5 heteroatoms. The zero-order valence-corrected chi connectivity index (χ0v) is 9.68. The summed E-state index contributed by atoms with van der Waals surface area (Å²) in [7, 11) is 1.25. The van der Waals surface area contributed by atoms with E-state index >= 15 is 0 Å². The first kappa shape index (κ1) is 11.0. The van der Waals surface area contributed by atoms with Crippen molar-refractivity contribution >= 4 is 39.3 Å². The van der Waals surface area contributed by atoms with Crippen LogP contribution in [0.15, 0.2) is 20.8 Å². The molecule has 1 aromatic heterocycles. The Morgan fingerprint density at radius 1 is 1.79 bits per heavy atom. The van der Waals surface area contributed by atoms with Crippen molar-refractivity contribution in [2.24, 2.45) is 0 Å². The van der Waals surface area contributed by atoms with E-state index in [0.717, 1.165) is 9.35 Å². The molecule has 1 heterocycles. The number of esters is 1. The second kappa shape index (κ2) is 4.94. The number of ether oxygens (including phenoxy) is 1. The molecule has 0 aromatic carbocycles. The third-order valence-corrected chi connectivity index (χ3v) is 2.95. The Kier molecular flexibility index (Phi) is 3.86. The van der Waals surface area contributed by atoms with Crippen molar-refractivity contribution in [3.8, 4) is 6.07 Å². The lowest BCUT2D eigenvalue weighted by Crippen LogP contribution is -2.02. The van der Waals surface area contributed by atoms with Crippen molar-refractivity contribution in [3.05, 3.63) is 26.4 Å². The molecule has 0 aliphatic carbocycles. The molecule has 0 spiro atoms. The van der Waals surface area contributed by atoms with Crippen LogP contribution in [-0.2, 0) is 9.53 Å². The number of halogens is 1. The predicted octanol–water partition coefficient (Wildman–Crippen LogP) is 2.59. The highest BCUT2D eigenvalue weighted by molar-refractivity contribution is 9.11. The lowest BCUT2D eigenvalue weighted by atomic mass is 10.2. The van der Waals surface area contributed by atoms with Gasteiger partial charge in [-0.15, -0.1) is 11.3 Å². The fraction of sp³-hybridized carbons (Fsp3) is 0.111. The van der Waals surface area contributed by atoms with Crippen LogP contribution in [0.3, 0.4) is 0 Å². The molecule has 72 valence electrons. The molecule has 14 heavy (non-hydrogen) atoms. The standard InChI is InChI=1S/C9H6BrNO2S/c1-13-9(12)7(4-11)2-6-3-8(10)14-5-6/h2-3,5H,1H3/b7-2+. The summed E-state index contributed by atoms with van der Waals surface area (Å²) in [6.07, 6.45) is 1.49. The average Bonchev–Trinajstić information content (AvgIpc) is 2.59. The van der Waals surface area contributed by atoms with E-state index in [9.17, 15) is 4.79 Å². The molecule has 1 aromatic rings. The van der Waals surface area contributed by atoms with Gasteiger partial charge in [-0.2, -0.15) is 5.26 Å². The molecule has 0 unspecified atom stereocenters. The van der Waals surface area contributed by atoms with Gasteiger partial charge in [-0.1, -0.05) is 0 Å². The molecule has 0 radical (unpaired) electrons. The molecule has 0 saturated heterocycles. The van der Waals surface area contributed by atoms with Gasteiger partial charge < -0.3 is 4.74 Å². The van der Waals surface area contributed by atoms with E-state index < -0.39 is 5.97 Å². The van der Waals surface area contributed by atoms with E-state index in [4.69, 9.17) is 5.26 Å². The Bertz CT molecular complexity index is 417. The summed E-state index contributed by atoms with van der Waals surface area (Å²) in [6, 6.07) is 3.61. The monoisotopic (exact) mass is 271 g/mol. The number of hydrogen-bond acceptors (Lipinski definition) is 4. The first-order chi connectivity index (χ1) is 6.67. The van der Waals surface area contributed by atoms with Crippen molar-refractivity contribution in [3.63, 3.8) is 0 Å². The van der Waals surface area contributed by atoms with Crippen LogP contribution in [0.2, 0.25) is 0 Å². The Hall–Kier alpha value is -1.12. The third-order valence-electron chi connectivity index (χ3n) is 1.42. The van der Waals surface area contributed by atoms with Gasteiger partial charge in [-0.3, -0.25) is 0 Å². The van der Waals surface area contributed by atoms with Crippen LogP contribution in [0.4, 0.5) is 0 Å². The molecule has 0 bridgehead atoms. The van der Waals surface area contributed by atoms with Crippen molar-refractivity contribution in [2.75, 3.05) is 7.11 Å². The smallest absolute Gasteiger partial charge is 0.348 e. The average molecular weight is 272 g/mol. The summed E-state index contributed by atoms with van der Waals surface area (Å²) in [4.78, 5) is 11.0.